The summed E-state index contributed by atoms with van der Waals surface area (Å²) in [6.07, 6.45) is 1.72. The van der Waals surface area contributed by atoms with E-state index in [-0.39, 0.29) is 17.3 Å². The lowest BCUT2D eigenvalue weighted by Crippen LogP contribution is -2.46. The zero-order valence-electron chi connectivity index (χ0n) is 15.9. The van der Waals surface area contributed by atoms with Crippen LogP contribution >= 0.6 is 23.7 Å². The Morgan fingerprint density at radius 3 is 2.67 bits per heavy atom. The number of anilines is 2. The third-order valence-electron chi connectivity index (χ3n) is 5.04. The summed E-state index contributed by atoms with van der Waals surface area (Å²) in [4.78, 5) is 9.04. The van der Waals surface area contributed by atoms with Crippen molar-refractivity contribution < 1.29 is 8.42 Å². The second kappa shape index (κ2) is 8.44. The summed E-state index contributed by atoms with van der Waals surface area (Å²) >= 11 is 1.60. The Labute approximate surface area is 184 Å². The highest BCUT2D eigenvalue weighted by Gasteiger charge is 2.26. The van der Waals surface area contributed by atoms with E-state index in [1.54, 1.807) is 35.7 Å². The highest BCUT2D eigenvalue weighted by Crippen LogP contribution is 2.30. The molecule has 156 valence electrons. The third-order valence-corrected chi connectivity index (χ3v) is 7.74. The predicted molar refractivity (Wildman–Crippen MR) is 124 cm³/mol. The molecule has 1 fully saturated rings. The van der Waals surface area contributed by atoms with Gasteiger partial charge in [-0.1, -0.05) is 0 Å². The van der Waals surface area contributed by atoms with Crippen LogP contribution in [0.2, 0.25) is 0 Å². The normalized spacial score (nSPS) is 15.2. The van der Waals surface area contributed by atoms with Gasteiger partial charge >= 0.3 is 0 Å². The van der Waals surface area contributed by atoms with Crippen LogP contribution in [-0.4, -0.2) is 48.9 Å². The van der Waals surface area contributed by atoms with E-state index >= 15 is 0 Å². The van der Waals surface area contributed by atoms with E-state index in [0.717, 1.165) is 32.5 Å². The van der Waals surface area contributed by atoms with Crippen LogP contribution in [0.5, 0.6) is 0 Å². The molecule has 2 N–H and O–H groups in total. The van der Waals surface area contributed by atoms with Gasteiger partial charge in [-0.3, -0.25) is 4.98 Å². The van der Waals surface area contributed by atoms with Crippen molar-refractivity contribution in [3.05, 3.63) is 54.2 Å². The quantitative estimate of drug-likeness (QED) is 0.482. The average Bonchev–Trinajstić information content (AvgIpc) is 3.22. The molecule has 5 rings (SSSR count). The van der Waals surface area contributed by atoms with E-state index in [1.165, 1.54) is 4.31 Å². The summed E-state index contributed by atoms with van der Waals surface area (Å²) in [5.74, 6) is 0. The van der Waals surface area contributed by atoms with Crippen molar-refractivity contribution in [3.8, 4) is 0 Å². The number of rotatable bonds is 4. The first kappa shape index (κ1) is 21.0. The lowest BCUT2D eigenvalue weighted by Gasteiger charge is -2.26. The summed E-state index contributed by atoms with van der Waals surface area (Å²) < 4.78 is 28.8. The summed E-state index contributed by atoms with van der Waals surface area (Å²) in [7, 11) is -3.54. The van der Waals surface area contributed by atoms with Crippen LogP contribution in [0.4, 0.5) is 11.4 Å². The zero-order valence-corrected chi connectivity index (χ0v) is 18.4. The molecule has 3 heterocycles. The number of sulfonamides is 1. The SMILES string of the molecule is Cl.O=S(=O)(c1ccc2nccc(Nc3ccc4scnc4c3)c2c1)N1CCNCC1. The molecule has 0 amide bonds. The molecule has 7 nitrogen and oxygen atoms in total. The van der Waals surface area contributed by atoms with E-state index in [2.05, 4.69) is 20.6 Å². The zero-order chi connectivity index (χ0) is 19.8. The Bertz CT molecular complexity index is 1300. The van der Waals surface area contributed by atoms with Gasteiger partial charge in [0.2, 0.25) is 10.0 Å². The molecule has 2 aromatic heterocycles. The maximum Gasteiger partial charge on any atom is 0.243 e. The number of piperazine rings is 1. The van der Waals surface area contributed by atoms with Crippen LogP contribution in [0.25, 0.3) is 21.1 Å². The van der Waals surface area contributed by atoms with E-state index in [4.69, 9.17) is 0 Å². The first-order valence-electron chi connectivity index (χ1n) is 9.31. The number of hydrogen-bond donors (Lipinski definition) is 2. The third kappa shape index (κ3) is 3.86. The molecule has 30 heavy (non-hydrogen) atoms. The number of benzene rings is 2. The maximum absolute atomic E-state index is 13.1. The molecule has 1 aliphatic heterocycles. The van der Waals surface area contributed by atoms with E-state index in [1.807, 2.05) is 29.8 Å². The monoisotopic (exact) mass is 461 g/mol. The van der Waals surface area contributed by atoms with Gasteiger partial charge in [0, 0.05) is 49.1 Å². The van der Waals surface area contributed by atoms with Crippen LogP contribution in [0, 0.1) is 0 Å². The number of nitrogens with one attached hydrogen (secondary N) is 2. The van der Waals surface area contributed by atoms with E-state index < -0.39 is 10.0 Å². The van der Waals surface area contributed by atoms with Crippen molar-refractivity contribution in [1.82, 2.24) is 19.6 Å². The van der Waals surface area contributed by atoms with Gasteiger partial charge in [-0.15, -0.1) is 23.7 Å². The van der Waals surface area contributed by atoms with Crippen LogP contribution in [-0.2, 0) is 10.0 Å². The lowest BCUT2D eigenvalue weighted by atomic mass is 10.2. The molecule has 0 atom stereocenters. The Hall–Kier alpha value is -2.30. The Kier molecular flexibility index (Phi) is 5.90. The number of halogens is 1. The van der Waals surface area contributed by atoms with E-state index in [9.17, 15) is 8.42 Å². The van der Waals surface area contributed by atoms with Crippen molar-refractivity contribution in [2.75, 3.05) is 31.5 Å². The van der Waals surface area contributed by atoms with Gasteiger partial charge in [-0.25, -0.2) is 13.4 Å². The summed E-state index contributed by atoms with van der Waals surface area (Å²) in [5.41, 5.74) is 5.20. The number of nitrogens with zero attached hydrogens (tertiary/aromatic N) is 3. The smallest absolute Gasteiger partial charge is 0.243 e. The molecular formula is C20H20ClN5O2S2. The van der Waals surface area contributed by atoms with Gasteiger partial charge in [0.05, 0.1) is 26.1 Å². The molecule has 0 bridgehead atoms. The maximum atomic E-state index is 13.1. The van der Waals surface area contributed by atoms with Gasteiger partial charge in [0.25, 0.3) is 0 Å². The van der Waals surface area contributed by atoms with Gasteiger partial charge < -0.3 is 10.6 Å². The van der Waals surface area contributed by atoms with Crippen LogP contribution < -0.4 is 10.6 Å². The molecule has 0 unspecified atom stereocenters. The topological polar surface area (TPSA) is 87.2 Å². The molecule has 1 aliphatic rings. The van der Waals surface area contributed by atoms with Crippen LogP contribution in [0.1, 0.15) is 0 Å². The number of hydrogen-bond acceptors (Lipinski definition) is 7. The standard InChI is InChI=1S/C20H19N5O2S2.ClH/c26-29(27,25-9-7-21-8-10-25)15-2-3-17-16(12-15)18(5-6-22-17)24-14-1-4-20-19(11-14)23-13-28-20;/h1-6,11-13,21H,7-10H2,(H,22,24);1H. The molecule has 0 spiro atoms. The highest BCUT2D eigenvalue weighted by molar-refractivity contribution is 7.89. The summed E-state index contributed by atoms with van der Waals surface area (Å²) in [6.45, 7) is 2.29. The number of aromatic nitrogens is 2. The van der Waals surface area contributed by atoms with E-state index in [0.29, 0.717) is 26.2 Å². The Morgan fingerprint density at radius 1 is 1.00 bits per heavy atom. The average molecular weight is 462 g/mol. The molecule has 0 saturated carbocycles. The largest absolute Gasteiger partial charge is 0.355 e. The van der Waals surface area contributed by atoms with Crippen molar-refractivity contribution in [1.29, 1.82) is 0 Å². The highest BCUT2D eigenvalue weighted by atomic mass is 35.5. The fourth-order valence-electron chi connectivity index (χ4n) is 3.52. The van der Waals surface area contributed by atoms with Gasteiger partial charge in [0.1, 0.15) is 0 Å². The Balaban J connectivity index is 0.00000218. The minimum Gasteiger partial charge on any atom is -0.355 e. The van der Waals surface area contributed by atoms with Crippen molar-refractivity contribution in [2.45, 2.75) is 4.90 Å². The predicted octanol–water partition coefficient (Wildman–Crippen LogP) is 3.60. The molecular weight excluding hydrogens is 442 g/mol. The fourth-order valence-corrected chi connectivity index (χ4v) is 5.65. The van der Waals surface area contributed by atoms with Crippen molar-refractivity contribution in [2.24, 2.45) is 0 Å². The molecule has 1 saturated heterocycles. The Morgan fingerprint density at radius 2 is 1.83 bits per heavy atom. The van der Waals surface area contributed by atoms with Crippen molar-refractivity contribution in [3.63, 3.8) is 0 Å². The number of fused-ring (bicyclic) bond motifs is 2. The minimum absolute atomic E-state index is 0. The number of thiazole rings is 1. The van der Waals surface area contributed by atoms with Crippen LogP contribution in [0.3, 0.4) is 0 Å². The fraction of sp³-hybridized carbons (Fsp3) is 0.200. The van der Waals surface area contributed by atoms with Gasteiger partial charge in [-0.2, -0.15) is 4.31 Å². The first-order valence-corrected chi connectivity index (χ1v) is 11.6. The molecule has 0 radical (unpaired) electrons. The minimum atomic E-state index is -3.54. The van der Waals surface area contributed by atoms with Crippen LogP contribution in [0.15, 0.2) is 59.1 Å². The second-order valence-electron chi connectivity index (χ2n) is 6.85. The molecule has 4 aromatic rings. The van der Waals surface area contributed by atoms with Crippen molar-refractivity contribution >= 4 is 66.3 Å². The summed E-state index contributed by atoms with van der Waals surface area (Å²) in [5, 5.41) is 7.34. The first-order chi connectivity index (χ1) is 14.1. The summed E-state index contributed by atoms with van der Waals surface area (Å²) in [6, 6.07) is 13.0. The second-order valence-corrected chi connectivity index (χ2v) is 9.68. The lowest BCUT2D eigenvalue weighted by molar-refractivity contribution is 0.360. The molecule has 2 aromatic carbocycles. The molecule has 10 heteroatoms. The molecule has 0 aliphatic carbocycles. The van der Waals surface area contributed by atoms with Gasteiger partial charge in [-0.05, 0) is 42.5 Å². The number of pyridine rings is 1. The van der Waals surface area contributed by atoms with Gasteiger partial charge in [0.15, 0.2) is 0 Å².